The van der Waals surface area contributed by atoms with E-state index in [1.807, 2.05) is 36.4 Å². The highest BCUT2D eigenvalue weighted by Gasteiger charge is 2.21. The van der Waals surface area contributed by atoms with Crippen molar-refractivity contribution in [2.45, 2.75) is 59.7 Å². The van der Waals surface area contributed by atoms with Crippen LogP contribution >= 0.6 is 0 Å². The molecule has 0 aliphatic carbocycles. The van der Waals surface area contributed by atoms with E-state index in [1.54, 1.807) is 0 Å². The molecule has 2 amide bonds. The maximum Gasteiger partial charge on any atom is 0.252 e. The fraction of sp³-hybridized carbons (Fsp3) is 0.353. The van der Waals surface area contributed by atoms with E-state index in [9.17, 15) is 9.59 Å². The Balaban J connectivity index is 1.44. The van der Waals surface area contributed by atoms with Gasteiger partial charge in [0.2, 0.25) is 5.91 Å². The fourth-order valence-electron chi connectivity index (χ4n) is 5.58. The lowest BCUT2D eigenvalue weighted by atomic mass is 10.0. The summed E-state index contributed by atoms with van der Waals surface area (Å²) in [5, 5.41) is 7.42. The van der Waals surface area contributed by atoms with Crippen LogP contribution in [-0.2, 0) is 24.4 Å². The van der Waals surface area contributed by atoms with Crippen LogP contribution in [-0.4, -0.2) is 41.4 Å². The molecule has 0 spiro atoms. The normalized spacial score (nSPS) is 15.1. The summed E-state index contributed by atoms with van der Waals surface area (Å²) < 4.78 is 6.25. The maximum absolute atomic E-state index is 13.8. The molecule has 0 saturated carbocycles. The third kappa shape index (κ3) is 6.98. The minimum atomic E-state index is -0.159. The van der Waals surface area contributed by atoms with Crippen molar-refractivity contribution in [2.75, 3.05) is 19.7 Å². The molecule has 7 heteroatoms. The number of rotatable bonds is 5. The predicted octanol–water partition coefficient (Wildman–Crippen LogP) is 5.70. The molecule has 0 unspecified atom stereocenters. The lowest BCUT2D eigenvalue weighted by Gasteiger charge is -2.25. The van der Waals surface area contributed by atoms with Gasteiger partial charge in [-0.15, -0.1) is 0 Å². The van der Waals surface area contributed by atoms with Crippen LogP contribution in [0.1, 0.15) is 63.1 Å². The van der Waals surface area contributed by atoms with Crippen LogP contribution in [0.25, 0.3) is 10.9 Å². The summed E-state index contributed by atoms with van der Waals surface area (Å²) in [6.07, 6.45) is 2.76. The molecule has 1 aliphatic rings. The van der Waals surface area contributed by atoms with E-state index in [0.29, 0.717) is 44.1 Å². The van der Waals surface area contributed by atoms with Crippen molar-refractivity contribution in [1.29, 1.82) is 0 Å². The number of amides is 2. The molecular formula is C34H40N4O3. The summed E-state index contributed by atoms with van der Waals surface area (Å²) >= 11 is 0. The number of benzene rings is 3. The summed E-state index contributed by atoms with van der Waals surface area (Å²) in [4.78, 5) is 32.2. The summed E-state index contributed by atoms with van der Waals surface area (Å²) in [5.74, 6) is 0.530. The number of fused-ring (bicyclic) bond motifs is 2. The van der Waals surface area contributed by atoms with E-state index in [2.05, 4.69) is 65.6 Å². The molecule has 0 saturated heterocycles. The molecule has 3 N–H and O–H groups in total. The van der Waals surface area contributed by atoms with Crippen LogP contribution in [0, 0.1) is 20.8 Å². The Morgan fingerprint density at radius 3 is 2.63 bits per heavy atom. The minimum absolute atomic E-state index is 0.00965. The van der Waals surface area contributed by atoms with Gasteiger partial charge in [-0.1, -0.05) is 48.0 Å². The van der Waals surface area contributed by atoms with Gasteiger partial charge in [-0.2, -0.15) is 0 Å². The molecule has 0 atom stereocenters. The predicted molar refractivity (Wildman–Crippen MR) is 163 cm³/mol. The van der Waals surface area contributed by atoms with Gasteiger partial charge in [0.05, 0.1) is 18.7 Å². The SMILES string of the molecule is Cc1cc(CNC(=O)c2cccc3c2CN(Cc2ccccc2)CC(=O)NCCCCCO3)c2[nH]c(C)c(C)c2c1. The zero-order chi connectivity index (χ0) is 28.8. The van der Waals surface area contributed by atoms with Crippen molar-refractivity contribution in [1.82, 2.24) is 20.5 Å². The summed E-state index contributed by atoms with van der Waals surface area (Å²) in [5.41, 5.74) is 8.12. The molecular weight excluding hydrogens is 512 g/mol. The molecule has 0 radical (unpaired) electrons. The van der Waals surface area contributed by atoms with Crippen molar-refractivity contribution in [2.24, 2.45) is 0 Å². The smallest absolute Gasteiger partial charge is 0.252 e. The first-order valence-corrected chi connectivity index (χ1v) is 14.5. The van der Waals surface area contributed by atoms with Gasteiger partial charge in [-0.25, -0.2) is 0 Å². The molecule has 2 heterocycles. The highest BCUT2D eigenvalue weighted by atomic mass is 16.5. The van der Waals surface area contributed by atoms with Crippen LogP contribution in [0.3, 0.4) is 0 Å². The van der Waals surface area contributed by atoms with Crippen LogP contribution in [0.4, 0.5) is 0 Å². The number of nitrogens with one attached hydrogen (secondary N) is 3. The Labute approximate surface area is 242 Å². The average molecular weight is 553 g/mol. The van der Waals surface area contributed by atoms with Crippen LogP contribution in [0.15, 0.2) is 60.7 Å². The quantitative estimate of drug-likeness (QED) is 0.296. The number of aryl methyl sites for hydroxylation is 3. The fourth-order valence-corrected chi connectivity index (χ4v) is 5.58. The van der Waals surface area contributed by atoms with Crippen LogP contribution in [0.2, 0.25) is 0 Å². The molecule has 0 bridgehead atoms. The van der Waals surface area contributed by atoms with Gasteiger partial charge in [0.1, 0.15) is 5.75 Å². The third-order valence-electron chi connectivity index (χ3n) is 7.86. The second kappa shape index (κ2) is 13.0. The topological polar surface area (TPSA) is 86.5 Å². The number of aromatic nitrogens is 1. The van der Waals surface area contributed by atoms with Gasteiger partial charge in [0.15, 0.2) is 0 Å². The molecule has 5 rings (SSSR count). The van der Waals surface area contributed by atoms with Gasteiger partial charge >= 0.3 is 0 Å². The average Bonchev–Trinajstić information content (AvgIpc) is 3.25. The number of carbonyl (C=O) groups excluding carboxylic acids is 2. The number of aromatic amines is 1. The molecule has 1 aromatic heterocycles. The zero-order valence-corrected chi connectivity index (χ0v) is 24.3. The second-order valence-corrected chi connectivity index (χ2v) is 11.1. The Morgan fingerprint density at radius 2 is 1.80 bits per heavy atom. The van der Waals surface area contributed by atoms with Gasteiger partial charge in [-0.3, -0.25) is 14.5 Å². The van der Waals surface area contributed by atoms with E-state index >= 15 is 0 Å². The first-order chi connectivity index (χ1) is 19.9. The third-order valence-corrected chi connectivity index (χ3v) is 7.86. The van der Waals surface area contributed by atoms with Crippen LogP contribution in [0.5, 0.6) is 5.75 Å². The summed E-state index contributed by atoms with van der Waals surface area (Å²) in [6.45, 7) is 9.13. The first kappa shape index (κ1) is 28.4. The molecule has 0 fully saturated rings. The highest BCUT2D eigenvalue weighted by Crippen LogP contribution is 2.28. The number of ether oxygens (including phenoxy) is 1. The highest BCUT2D eigenvalue weighted by molar-refractivity contribution is 5.97. The number of nitrogens with zero attached hydrogens (tertiary/aromatic N) is 1. The first-order valence-electron chi connectivity index (χ1n) is 14.5. The zero-order valence-electron chi connectivity index (χ0n) is 24.3. The molecule has 4 aromatic rings. The van der Waals surface area contributed by atoms with Gasteiger partial charge < -0.3 is 20.4 Å². The van der Waals surface area contributed by atoms with E-state index < -0.39 is 0 Å². The Morgan fingerprint density at radius 1 is 0.976 bits per heavy atom. The Hall–Kier alpha value is -4.10. The molecule has 214 valence electrons. The van der Waals surface area contributed by atoms with E-state index in [0.717, 1.165) is 52.7 Å². The Kier molecular flexibility index (Phi) is 9.04. The maximum atomic E-state index is 13.8. The lowest BCUT2D eigenvalue weighted by molar-refractivity contribution is -0.122. The summed E-state index contributed by atoms with van der Waals surface area (Å²) in [6, 6.07) is 20.1. The van der Waals surface area contributed by atoms with Gasteiger partial charge in [-0.05, 0) is 74.9 Å². The number of carbonyl (C=O) groups is 2. The number of hydrogen-bond acceptors (Lipinski definition) is 4. The van der Waals surface area contributed by atoms with Gasteiger partial charge in [0, 0.05) is 48.4 Å². The Bertz CT molecular complexity index is 1530. The second-order valence-electron chi connectivity index (χ2n) is 11.1. The van der Waals surface area contributed by atoms with Crippen molar-refractivity contribution in [3.63, 3.8) is 0 Å². The van der Waals surface area contributed by atoms with Crippen molar-refractivity contribution in [3.05, 3.63) is 99.7 Å². The molecule has 7 nitrogen and oxygen atoms in total. The van der Waals surface area contributed by atoms with Gasteiger partial charge in [0.25, 0.3) is 5.91 Å². The molecule has 1 aliphatic heterocycles. The van der Waals surface area contributed by atoms with Crippen molar-refractivity contribution < 1.29 is 14.3 Å². The van der Waals surface area contributed by atoms with Crippen molar-refractivity contribution in [3.8, 4) is 5.75 Å². The van der Waals surface area contributed by atoms with E-state index in [1.165, 1.54) is 10.9 Å². The van der Waals surface area contributed by atoms with Crippen molar-refractivity contribution >= 4 is 22.7 Å². The monoisotopic (exact) mass is 552 g/mol. The lowest BCUT2D eigenvalue weighted by Crippen LogP contribution is -2.37. The minimum Gasteiger partial charge on any atom is -0.493 e. The molecule has 41 heavy (non-hydrogen) atoms. The standard InChI is InChI=1S/C34H40N4O3/c1-23-17-27(33-29(18-23)24(2)25(3)37-33)19-36-34(40)28-13-10-14-31-30(28)21-38(20-26-11-6-4-7-12-26)22-32(39)35-15-8-5-9-16-41-31/h4,6-7,10-14,17-18,37H,5,8-9,15-16,19-22H2,1-3H3,(H,35,39)(H,36,40). The number of H-pyrrole nitrogens is 1. The molecule has 3 aromatic carbocycles. The number of hydrogen-bond donors (Lipinski definition) is 3. The summed E-state index contributed by atoms with van der Waals surface area (Å²) in [7, 11) is 0. The largest absolute Gasteiger partial charge is 0.493 e. The van der Waals surface area contributed by atoms with E-state index in [4.69, 9.17) is 4.74 Å². The van der Waals surface area contributed by atoms with E-state index in [-0.39, 0.29) is 18.4 Å². The van der Waals surface area contributed by atoms with Crippen LogP contribution < -0.4 is 15.4 Å².